The molecule has 104 valence electrons. The van der Waals surface area contributed by atoms with Gasteiger partial charge in [-0.15, -0.1) is 0 Å². The molecule has 0 atom stereocenters. The second-order valence-electron chi connectivity index (χ2n) is 6.37. The molecule has 0 aromatic heterocycles. The largest absolute Gasteiger partial charge is 0.330 e. The van der Waals surface area contributed by atoms with E-state index in [0.29, 0.717) is 12.3 Å². The van der Waals surface area contributed by atoms with E-state index in [0.717, 1.165) is 24.0 Å². The number of hydrogen-bond acceptors (Lipinski definition) is 2. The Bertz CT molecular complexity index is 444. The topological polar surface area (TPSA) is 43.1 Å². The minimum atomic E-state index is -0.0666. The molecule has 1 aromatic carbocycles. The van der Waals surface area contributed by atoms with Crippen molar-refractivity contribution < 1.29 is 4.79 Å². The molecule has 2 N–H and O–H groups in total. The molecule has 2 rings (SSSR count). The summed E-state index contributed by atoms with van der Waals surface area (Å²) < 4.78 is 0. The fraction of sp³-hybridized carbons (Fsp3) is 0.588. The monoisotopic (exact) mass is 259 g/mol. The van der Waals surface area contributed by atoms with Gasteiger partial charge in [0.05, 0.1) is 0 Å². The lowest BCUT2D eigenvalue weighted by Gasteiger charge is -2.25. The number of carbonyl (C=O) groups is 1. The maximum Gasteiger partial charge on any atom is 0.165 e. The van der Waals surface area contributed by atoms with Crippen LogP contribution in [0.4, 0.5) is 0 Å². The zero-order valence-corrected chi connectivity index (χ0v) is 12.1. The van der Waals surface area contributed by atoms with Crippen LogP contribution in [0.1, 0.15) is 61.9 Å². The molecule has 0 bridgehead atoms. The van der Waals surface area contributed by atoms with Crippen LogP contribution in [0.3, 0.4) is 0 Å². The van der Waals surface area contributed by atoms with E-state index in [2.05, 4.69) is 19.9 Å². The van der Waals surface area contributed by atoms with E-state index in [9.17, 15) is 4.79 Å². The summed E-state index contributed by atoms with van der Waals surface area (Å²) in [5.41, 5.74) is 7.79. The maximum atomic E-state index is 12.5. The van der Waals surface area contributed by atoms with Crippen molar-refractivity contribution in [2.45, 2.75) is 51.4 Å². The molecule has 0 spiro atoms. The molecule has 2 heteroatoms. The second-order valence-corrected chi connectivity index (χ2v) is 6.37. The highest BCUT2D eigenvalue weighted by atomic mass is 16.1. The Kier molecular flexibility index (Phi) is 4.41. The van der Waals surface area contributed by atoms with Crippen LogP contribution < -0.4 is 5.73 Å². The van der Waals surface area contributed by atoms with Gasteiger partial charge in [0.15, 0.2) is 5.78 Å². The lowest BCUT2D eigenvalue weighted by molar-refractivity contribution is 0.0889. The van der Waals surface area contributed by atoms with Gasteiger partial charge in [0.2, 0.25) is 0 Å². The first kappa shape index (κ1) is 14.3. The molecular weight excluding hydrogens is 234 g/mol. The number of hydrogen-bond donors (Lipinski definition) is 1. The van der Waals surface area contributed by atoms with E-state index in [1.165, 1.54) is 19.3 Å². The highest BCUT2D eigenvalue weighted by Crippen LogP contribution is 2.29. The first-order valence-corrected chi connectivity index (χ1v) is 7.39. The SMILES string of the molecule is CC(C)(CN)c1cccc(C(=O)C2CCCCC2)c1. The van der Waals surface area contributed by atoms with Crippen LogP contribution in [-0.2, 0) is 5.41 Å². The first-order chi connectivity index (χ1) is 9.04. The van der Waals surface area contributed by atoms with Crippen molar-refractivity contribution in [3.8, 4) is 0 Å². The molecule has 0 saturated heterocycles. The quantitative estimate of drug-likeness (QED) is 0.838. The van der Waals surface area contributed by atoms with Crippen LogP contribution in [0.15, 0.2) is 24.3 Å². The van der Waals surface area contributed by atoms with Crippen molar-refractivity contribution in [1.29, 1.82) is 0 Å². The number of Topliss-reactive ketones (excluding diaryl/α,β-unsaturated/α-hetero) is 1. The third-order valence-electron chi connectivity index (χ3n) is 4.41. The summed E-state index contributed by atoms with van der Waals surface area (Å²) in [4.78, 5) is 12.5. The molecule has 1 aliphatic rings. The molecule has 1 fully saturated rings. The van der Waals surface area contributed by atoms with Crippen LogP contribution in [0.5, 0.6) is 0 Å². The Hall–Kier alpha value is -1.15. The number of rotatable bonds is 4. The van der Waals surface area contributed by atoms with Crippen molar-refractivity contribution >= 4 is 5.78 Å². The molecule has 19 heavy (non-hydrogen) atoms. The summed E-state index contributed by atoms with van der Waals surface area (Å²) in [7, 11) is 0. The molecular formula is C17H25NO. The summed E-state index contributed by atoms with van der Waals surface area (Å²) in [5, 5.41) is 0. The van der Waals surface area contributed by atoms with Crippen molar-refractivity contribution in [3.63, 3.8) is 0 Å². The van der Waals surface area contributed by atoms with Crippen molar-refractivity contribution in [2.24, 2.45) is 11.7 Å². The minimum Gasteiger partial charge on any atom is -0.330 e. The fourth-order valence-electron chi connectivity index (χ4n) is 2.81. The predicted molar refractivity (Wildman–Crippen MR) is 79.4 cm³/mol. The predicted octanol–water partition coefficient (Wildman–Crippen LogP) is 3.69. The molecule has 0 amide bonds. The molecule has 2 nitrogen and oxygen atoms in total. The average Bonchev–Trinajstić information content (AvgIpc) is 2.47. The molecule has 1 aromatic rings. The van der Waals surface area contributed by atoms with Gasteiger partial charge in [0.25, 0.3) is 0 Å². The number of carbonyl (C=O) groups excluding carboxylic acids is 1. The fourth-order valence-corrected chi connectivity index (χ4v) is 2.81. The molecule has 1 saturated carbocycles. The lowest BCUT2D eigenvalue weighted by atomic mass is 9.80. The Morgan fingerprint density at radius 1 is 1.26 bits per heavy atom. The van der Waals surface area contributed by atoms with Crippen LogP contribution in [-0.4, -0.2) is 12.3 Å². The Morgan fingerprint density at radius 2 is 1.95 bits per heavy atom. The highest BCUT2D eigenvalue weighted by molar-refractivity contribution is 5.98. The smallest absolute Gasteiger partial charge is 0.165 e. The van der Waals surface area contributed by atoms with Gasteiger partial charge in [-0.1, -0.05) is 51.3 Å². The summed E-state index contributed by atoms with van der Waals surface area (Å²) in [6, 6.07) is 8.06. The van der Waals surface area contributed by atoms with E-state index >= 15 is 0 Å². The van der Waals surface area contributed by atoms with Gasteiger partial charge in [-0.25, -0.2) is 0 Å². The van der Waals surface area contributed by atoms with Gasteiger partial charge in [-0.3, -0.25) is 4.79 Å². The Labute approximate surface area is 116 Å². The van der Waals surface area contributed by atoms with Gasteiger partial charge in [0.1, 0.15) is 0 Å². The number of benzene rings is 1. The van der Waals surface area contributed by atoms with Crippen LogP contribution >= 0.6 is 0 Å². The van der Waals surface area contributed by atoms with Gasteiger partial charge >= 0.3 is 0 Å². The van der Waals surface area contributed by atoms with E-state index in [-0.39, 0.29) is 11.3 Å². The molecule has 0 heterocycles. The maximum absolute atomic E-state index is 12.5. The average molecular weight is 259 g/mol. The summed E-state index contributed by atoms with van der Waals surface area (Å²) in [6.45, 7) is 4.84. The zero-order chi connectivity index (χ0) is 13.9. The Balaban J connectivity index is 2.20. The summed E-state index contributed by atoms with van der Waals surface area (Å²) in [6.07, 6.45) is 5.80. The zero-order valence-electron chi connectivity index (χ0n) is 12.1. The third-order valence-corrected chi connectivity index (χ3v) is 4.41. The standard InChI is InChI=1S/C17H25NO/c1-17(2,12-18)15-10-6-9-14(11-15)16(19)13-7-4-3-5-8-13/h6,9-11,13H,3-5,7-8,12,18H2,1-2H3. The van der Waals surface area contributed by atoms with Crippen molar-refractivity contribution in [1.82, 2.24) is 0 Å². The number of nitrogens with two attached hydrogens (primary N) is 1. The van der Waals surface area contributed by atoms with Gasteiger partial charge < -0.3 is 5.73 Å². The van der Waals surface area contributed by atoms with E-state index in [1.807, 2.05) is 18.2 Å². The normalized spacial score (nSPS) is 17.4. The van der Waals surface area contributed by atoms with Gasteiger partial charge in [-0.2, -0.15) is 0 Å². The van der Waals surface area contributed by atoms with Crippen molar-refractivity contribution in [3.05, 3.63) is 35.4 Å². The lowest BCUT2D eigenvalue weighted by Crippen LogP contribution is -2.28. The first-order valence-electron chi connectivity index (χ1n) is 7.39. The van der Waals surface area contributed by atoms with E-state index in [1.54, 1.807) is 0 Å². The van der Waals surface area contributed by atoms with Gasteiger partial charge in [0, 0.05) is 23.4 Å². The van der Waals surface area contributed by atoms with Gasteiger partial charge in [-0.05, 0) is 24.5 Å². The van der Waals surface area contributed by atoms with Crippen LogP contribution in [0, 0.1) is 5.92 Å². The van der Waals surface area contributed by atoms with Crippen LogP contribution in [0.2, 0.25) is 0 Å². The molecule has 0 unspecified atom stereocenters. The van der Waals surface area contributed by atoms with E-state index < -0.39 is 0 Å². The summed E-state index contributed by atoms with van der Waals surface area (Å²) >= 11 is 0. The minimum absolute atomic E-state index is 0.0666. The molecule has 1 aliphatic carbocycles. The highest BCUT2D eigenvalue weighted by Gasteiger charge is 2.24. The molecule has 0 radical (unpaired) electrons. The number of ketones is 1. The van der Waals surface area contributed by atoms with Crippen molar-refractivity contribution in [2.75, 3.05) is 6.54 Å². The second kappa shape index (κ2) is 5.87. The van der Waals surface area contributed by atoms with Crippen LogP contribution in [0.25, 0.3) is 0 Å². The van der Waals surface area contributed by atoms with E-state index in [4.69, 9.17) is 5.73 Å². The Morgan fingerprint density at radius 3 is 2.58 bits per heavy atom. The molecule has 0 aliphatic heterocycles. The third kappa shape index (κ3) is 3.24. The summed E-state index contributed by atoms with van der Waals surface area (Å²) in [5.74, 6) is 0.569.